The van der Waals surface area contributed by atoms with Gasteiger partial charge in [-0.05, 0) is 0 Å². The Balaban J connectivity index is 2.81. The van der Waals surface area contributed by atoms with Crippen LogP contribution in [0.2, 0.25) is 0 Å². The zero-order chi connectivity index (χ0) is 4.99. The first kappa shape index (κ1) is 6.05. The molecule has 1 amide bonds. The fourth-order valence-electron chi connectivity index (χ4n) is 0.0445. The maximum absolute atomic E-state index is 9.21. The third-order valence-corrected chi connectivity index (χ3v) is 0.386. The molecule has 4 heteroatoms. The standard InChI is InChI=1S/C2H2Cl2NO/c3-2(4)5-1-6/h2H,(H,5,6). The average molecular weight is 127 g/mol. The van der Waals surface area contributed by atoms with Gasteiger partial charge in [-0.1, -0.05) is 23.2 Å². The van der Waals surface area contributed by atoms with E-state index in [0.717, 1.165) is 0 Å². The highest BCUT2D eigenvalue weighted by atomic mass is 35.5. The summed E-state index contributed by atoms with van der Waals surface area (Å²) in [5.41, 5.74) is 0. The summed E-state index contributed by atoms with van der Waals surface area (Å²) in [5.74, 6) is 0. The maximum Gasteiger partial charge on any atom is 0.311 e. The third kappa shape index (κ3) is 4.05. The zero-order valence-electron chi connectivity index (χ0n) is 2.74. The predicted molar refractivity (Wildman–Crippen MR) is 24.3 cm³/mol. The van der Waals surface area contributed by atoms with Gasteiger partial charge in [-0.3, -0.25) is 4.79 Å². The van der Waals surface area contributed by atoms with Crippen LogP contribution >= 0.6 is 23.2 Å². The van der Waals surface area contributed by atoms with Crippen molar-refractivity contribution >= 4 is 29.6 Å². The minimum atomic E-state index is -0.831. The van der Waals surface area contributed by atoms with Crippen molar-refractivity contribution in [1.29, 1.82) is 0 Å². The Morgan fingerprint density at radius 1 is 1.67 bits per heavy atom. The molecular formula is C2H2Cl2NO. The van der Waals surface area contributed by atoms with E-state index in [-0.39, 0.29) is 0 Å². The number of halogens is 2. The van der Waals surface area contributed by atoms with Crippen LogP contribution in [0.3, 0.4) is 0 Å². The Kier molecular flexibility index (Phi) is 3.28. The lowest BCUT2D eigenvalue weighted by atomic mass is 11.2. The number of carbonyl (C=O) groups excluding carboxylic acids is 1. The molecule has 0 aliphatic carbocycles. The first-order valence-electron chi connectivity index (χ1n) is 1.18. The van der Waals surface area contributed by atoms with Gasteiger partial charge in [0.25, 0.3) is 0 Å². The average Bonchev–Trinajstić information content (AvgIpc) is 1.35. The van der Waals surface area contributed by atoms with Gasteiger partial charge < -0.3 is 5.32 Å². The Labute approximate surface area is 45.4 Å². The molecule has 0 saturated heterocycles. The molecular weight excluding hydrogens is 125 g/mol. The van der Waals surface area contributed by atoms with E-state index in [2.05, 4.69) is 0 Å². The molecule has 0 aliphatic rings. The molecule has 1 N–H and O–H groups in total. The van der Waals surface area contributed by atoms with E-state index in [1.54, 1.807) is 0 Å². The van der Waals surface area contributed by atoms with Gasteiger partial charge >= 0.3 is 6.41 Å². The number of amides is 1. The van der Waals surface area contributed by atoms with Crippen molar-refractivity contribution in [3.63, 3.8) is 0 Å². The summed E-state index contributed by atoms with van der Waals surface area (Å²) in [4.78, 5) is 8.38. The van der Waals surface area contributed by atoms with Crippen LogP contribution in [0.5, 0.6) is 0 Å². The van der Waals surface area contributed by atoms with Gasteiger partial charge in [0.15, 0.2) is 4.96 Å². The lowest BCUT2D eigenvalue weighted by Crippen LogP contribution is -2.14. The Morgan fingerprint density at radius 3 is 2.17 bits per heavy atom. The van der Waals surface area contributed by atoms with Gasteiger partial charge in [0.05, 0.1) is 0 Å². The number of alkyl halides is 2. The summed E-state index contributed by atoms with van der Waals surface area (Å²) >= 11 is 9.94. The minimum Gasteiger partial charge on any atom is -0.319 e. The molecule has 6 heavy (non-hydrogen) atoms. The van der Waals surface area contributed by atoms with Crippen LogP contribution in [0.25, 0.3) is 0 Å². The van der Waals surface area contributed by atoms with Gasteiger partial charge in [0, 0.05) is 0 Å². The first-order chi connectivity index (χ1) is 2.77. The monoisotopic (exact) mass is 126 g/mol. The molecule has 0 bridgehead atoms. The molecule has 0 atom stereocenters. The molecule has 0 aromatic heterocycles. The topological polar surface area (TPSA) is 29.1 Å². The number of rotatable bonds is 2. The second-order valence-corrected chi connectivity index (χ2v) is 1.64. The van der Waals surface area contributed by atoms with E-state index in [9.17, 15) is 4.79 Å². The fourth-order valence-corrected chi connectivity index (χ4v) is 0.134. The molecule has 1 radical (unpaired) electrons. The van der Waals surface area contributed by atoms with Crippen LogP contribution in [0.4, 0.5) is 0 Å². The Morgan fingerprint density at radius 2 is 2.17 bits per heavy atom. The van der Waals surface area contributed by atoms with Crippen molar-refractivity contribution in [3.05, 3.63) is 0 Å². The van der Waals surface area contributed by atoms with Gasteiger partial charge in [-0.15, -0.1) is 0 Å². The highest BCUT2D eigenvalue weighted by molar-refractivity contribution is 6.44. The van der Waals surface area contributed by atoms with Crippen molar-refractivity contribution in [2.45, 2.75) is 4.96 Å². The highest BCUT2D eigenvalue weighted by Crippen LogP contribution is 1.91. The van der Waals surface area contributed by atoms with E-state index in [1.165, 1.54) is 6.41 Å². The second kappa shape index (κ2) is 3.25. The van der Waals surface area contributed by atoms with Crippen LogP contribution in [0.1, 0.15) is 0 Å². The number of hydrogen-bond donors (Lipinski definition) is 1. The molecule has 0 aromatic rings. The minimum absolute atomic E-state index is 0.831. The van der Waals surface area contributed by atoms with E-state index < -0.39 is 4.96 Å². The summed E-state index contributed by atoms with van der Waals surface area (Å²) in [7, 11) is 0. The van der Waals surface area contributed by atoms with Crippen LogP contribution in [-0.4, -0.2) is 11.4 Å². The number of hydrogen-bond acceptors (Lipinski definition) is 1. The molecule has 0 fully saturated rings. The van der Waals surface area contributed by atoms with E-state index in [0.29, 0.717) is 0 Å². The van der Waals surface area contributed by atoms with Crippen LogP contribution in [0.15, 0.2) is 0 Å². The van der Waals surface area contributed by atoms with E-state index in [1.807, 2.05) is 5.32 Å². The van der Waals surface area contributed by atoms with Crippen LogP contribution < -0.4 is 5.32 Å². The SMILES string of the molecule is O=[C]NC(Cl)Cl. The maximum atomic E-state index is 9.21. The van der Waals surface area contributed by atoms with E-state index >= 15 is 0 Å². The number of nitrogens with one attached hydrogen (secondary N) is 1. The van der Waals surface area contributed by atoms with E-state index in [4.69, 9.17) is 23.2 Å². The molecule has 0 aliphatic heterocycles. The lowest BCUT2D eigenvalue weighted by Gasteiger charge is -1.89. The molecule has 0 heterocycles. The van der Waals surface area contributed by atoms with Crippen molar-refractivity contribution in [3.8, 4) is 0 Å². The highest BCUT2D eigenvalue weighted by Gasteiger charge is 1.89. The molecule has 2 nitrogen and oxygen atoms in total. The quantitative estimate of drug-likeness (QED) is 0.324. The largest absolute Gasteiger partial charge is 0.319 e. The van der Waals surface area contributed by atoms with Gasteiger partial charge in [-0.2, -0.15) is 0 Å². The van der Waals surface area contributed by atoms with Gasteiger partial charge in [-0.25, -0.2) is 0 Å². The first-order valence-corrected chi connectivity index (χ1v) is 2.05. The summed E-state index contributed by atoms with van der Waals surface area (Å²) in [6, 6.07) is 0. The zero-order valence-corrected chi connectivity index (χ0v) is 4.25. The smallest absolute Gasteiger partial charge is 0.311 e. The lowest BCUT2D eigenvalue weighted by molar-refractivity contribution is 0.545. The van der Waals surface area contributed by atoms with Crippen molar-refractivity contribution in [1.82, 2.24) is 5.32 Å². The van der Waals surface area contributed by atoms with Gasteiger partial charge in [0.2, 0.25) is 0 Å². The van der Waals surface area contributed by atoms with Crippen molar-refractivity contribution < 1.29 is 4.79 Å². The third-order valence-electron chi connectivity index (χ3n) is 0.168. The molecule has 0 aromatic carbocycles. The molecule has 35 valence electrons. The molecule has 0 rings (SSSR count). The summed E-state index contributed by atoms with van der Waals surface area (Å²) < 4.78 is 0. The molecule has 0 unspecified atom stereocenters. The molecule has 0 saturated carbocycles. The normalized spacial score (nSPS) is 8.50. The Hall–Kier alpha value is 0.0500. The van der Waals surface area contributed by atoms with Crippen LogP contribution in [-0.2, 0) is 4.79 Å². The van der Waals surface area contributed by atoms with Gasteiger partial charge in [0.1, 0.15) is 0 Å². The second-order valence-electron chi connectivity index (χ2n) is 0.547. The predicted octanol–water partition coefficient (Wildman–Crippen LogP) is 0.404. The summed E-state index contributed by atoms with van der Waals surface area (Å²) in [5, 5.41) is 1.93. The fraction of sp³-hybridized carbons (Fsp3) is 0.500. The molecule has 0 spiro atoms. The Bertz CT molecular complexity index is 46.8. The van der Waals surface area contributed by atoms with Crippen molar-refractivity contribution in [2.75, 3.05) is 0 Å². The van der Waals surface area contributed by atoms with Crippen LogP contribution in [0, 0.1) is 0 Å². The van der Waals surface area contributed by atoms with Crippen molar-refractivity contribution in [2.24, 2.45) is 0 Å². The summed E-state index contributed by atoms with van der Waals surface area (Å²) in [6.07, 6.45) is 1.30. The summed E-state index contributed by atoms with van der Waals surface area (Å²) in [6.45, 7) is 0.